The Bertz CT molecular complexity index is 355. The summed E-state index contributed by atoms with van der Waals surface area (Å²) in [7, 11) is 0. The fraction of sp³-hybridized carbons (Fsp3) is 0.300. The fourth-order valence-electron chi connectivity index (χ4n) is 1.12. The lowest BCUT2D eigenvalue weighted by molar-refractivity contribution is 0.146. The zero-order valence-corrected chi connectivity index (χ0v) is 7.30. The summed E-state index contributed by atoms with van der Waals surface area (Å²) in [6, 6.07) is 5.43. The van der Waals surface area contributed by atoms with Gasteiger partial charge >= 0.3 is 0 Å². The predicted octanol–water partition coefficient (Wildman–Crippen LogP) is 3.22. The van der Waals surface area contributed by atoms with Crippen molar-refractivity contribution < 1.29 is 13.2 Å². The van der Waals surface area contributed by atoms with Crippen LogP contribution >= 0.6 is 0 Å². The molecule has 0 aliphatic carbocycles. The molecule has 0 radical (unpaired) electrons. The molecule has 1 rings (SSSR count). The van der Waals surface area contributed by atoms with Crippen LogP contribution in [0.15, 0.2) is 18.2 Å². The zero-order valence-electron chi connectivity index (χ0n) is 7.30. The van der Waals surface area contributed by atoms with Gasteiger partial charge in [-0.25, -0.2) is 13.2 Å². The third-order valence-corrected chi connectivity index (χ3v) is 1.82. The summed E-state index contributed by atoms with van der Waals surface area (Å²) in [6.07, 6.45) is -2.19. The Kier molecular flexibility index (Phi) is 3.52. The van der Waals surface area contributed by atoms with E-state index >= 15 is 0 Å². The van der Waals surface area contributed by atoms with Crippen molar-refractivity contribution in [2.45, 2.75) is 19.3 Å². The molecule has 0 unspecified atom stereocenters. The van der Waals surface area contributed by atoms with Crippen molar-refractivity contribution in [2.75, 3.05) is 0 Å². The minimum Gasteiger partial charge on any atom is -0.206 e. The number of hydrogen-bond acceptors (Lipinski definition) is 1. The van der Waals surface area contributed by atoms with Crippen molar-refractivity contribution >= 4 is 0 Å². The van der Waals surface area contributed by atoms with Crippen LogP contribution in [0.2, 0.25) is 0 Å². The van der Waals surface area contributed by atoms with Gasteiger partial charge in [0, 0.05) is 6.42 Å². The van der Waals surface area contributed by atoms with Gasteiger partial charge in [-0.1, -0.05) is 6.07 Å². The van der Waals surface area contributed by atoms with Gasteiger partial charge in [-0.2, -0.15) is 5.26 Å². The molecule has 0 saturated carbocycles. The highest BCUT2D eigenvalue weighted by Crippen LogP contribution is 2.23. The van der Waals surface area contributed by atoms with Crippen molar-refractivity contribution in [3.8, 4) is 6.07 Å². The normalized spacial score (nSPS) is 10.2. The van der Waals surface area contributed by atoms with Gasteiger partial charge in [0.05, 0.1) is 11.6 Å². The first-order valence-corrected chi connectivity index (χ1v) is 4.08. The molecule has 74 valence electrons. The topological polar surface area (TPSA) is 23.8 Å². The Hall–Kier alpha value is -1.50. The molecule has 0 aliphatic rings. The molecule has 0 spiro atoms. The molecule has 0 atom stereocenters. The quantitative estimate of drug-likeness (QED) is 0.733. The lowest BCUT2D eigenvalue weighted by Crippen LogP contribution is -1.93. The highest BCUT2D eigenvalue weighted by Gasteiger charge is 2.13. The summed E-state index contributed by atoms with van der Waals surface area (Å²) < 4.78 is 37.2. The summed E-state index contributed by atoms with van der Waals surface area (Å²) in [5.41, 5.74) is -0.0383. The first kappa shape index (κ1) is 10.6. The molecule has 1 nitrogen and oxygen atoms in total. The van der Waals surface area contributed by atoms with E-state index in [4.69, 9.17) is 5.26 Å². The molecule has 0 aliphatic heterocycles. The van der Waals surface area contributed by atoms with Crippen LogP contribution in [-0.2, 0) is 6.42 Å². The maximum atomic E-state index is 12.8. The smallest absolute Gasteiger partial charge is 0.206 e. The van der Waals surface area contributed by atoms with Gasteiger partial charge in [-0.15, -0.1) is 0 Å². The van der Waals surface area contributed by atoms with Crippen LogP contribution in [0.25, 0.3) is 0 Å². The van der Waals surface area contributed by atoms with E-state index in [9.17, 15) is 13.2 Å². The Morgan fingerprint density at radius 1 is 1.36 bits per heavy atom. The Morgan fingerprint density at radius 2 is 2.07 bits per heavy atom. The van der Waals surface area contributed by atoms with Gasteiger partial charge in [0.15, 0.2) is 0 Å². The van der Waals surface area contributed by atoms with Crippen LogP contribution in [0.4, 0.5) is 13.2 Å². The monoisotopic (exact) mass is 199 g/mol. The van der Waals surface area contributed by atoms with Crippen LogP contribution in [0.1, 0.15) is 24.0 Å². The highest BCUT2D eigenvalue weighted by molar-refractivity contribution is 5.26. The SMILES string of the molecule is N#CCCc1ccc(F)c(C(F)F)c1. The van der Waals surface area contributed by atoms with E-state index in [2.05, 4.69) is 0 Å². The molecule has 0 saturated heterocycles. The number of rotatable bonds is 3. The largest absolute Gasteiger partial charge is 0.266 e. The Morgan fingerprint density at radius 3 is 2.64 bits per heavy atom. The van der Waals surface area contributed by atoms with E-state index < -0.39 is 17.8 Å². The Labute approximate surface area is 79.8 Å². The molecule has 14 heavy (non-hydrogen) atoms. The number of halogens is 3. The standard InChI is InChI=1S/C10H8F3N/c11-9-4-3-7(2-1-5-14)6-8(9)10(12)13/h3-4,6,10H,1-2H2. The molecule has 0 aromatic heterocycles. The van der Waals surface area contributed by atoms with E-state index in [1.165, 1.54) is 6.07 Å². The summed E-state index contributed by atoms with van der Waals surface area (Å²) in [6.45, 7) is 0. The average Bonchev–Trinajstić information content (AvgIpc) is 2.16. The van der Waals surface area contributed by atoms with Crippen LogP contribution in [-0.4, -0.2) is 0 Å². The zero-order chi connectivity index (χ0) is 10.6. The van der Waals surface area contributed by atoms with E-state index in [0.717, 1.165) is 12.1 Å². The third kappa shape index (κ3) is 2.49. The lowest BCUT2D eigenvalue weighted by atomic mass is 10.1. The summed E-state index contributed by atoms with van der Waals surface area (Å²) in [4.78, 5) is 0. The number of nitriles is 1. The molecule has 0 amide bonds. The summed E-state index contributed by atoms with van der Waals surface area (Å²) >= 11 is 0. The van der Waals surface area contributed by atoms with Crippen LogP contribution in [0.5, 0.6) is 0 Å². The number of aryl methyl sites for hydroxylation is 1. The number of hydrogen-bond donors (Lipinski definition) is 0. The highest BCUT2D eigenvalue weighted by atomic mass is 19.3. The molecule has 1 aromatic carbocycles. The minimum atomic E-state index is -2.81. The summed E-state index contributed by atoms with van der Waals surface area (Å²) in [5.74, 6) is -0.902. The van der Waals surface area contributed by atoms with Crippen molar-refractivity contribution in [3.63, 3.8) is 0 Å². The van der Waals surface area contributed by atoms with Crippen LogP contribution in [0.3, 0.4) is 0 Å². The van der Waals surface area contributed by atoms with Gasteiger partial charge in [-0.05, 0) is 24.1 Å². The van der Waals surface area contributed by atoms with Crippen molar-refractivity contribution in [3.05, 3.63) is 35.1 Å². The number of alkyl halides is 2. The molecular formula is C10H8F3N. The van der Waals surface area contributed by atoms with Crippen molar-refractivity contribution in [1.29, 1.82) is 5.26 Å². The van der Waals surface area contributed by atoms with Crippen molar-refractivity contribution in [2.24, 2.45) is 0 Å². The molecule has 1 aromatic rings. The average molecular weight is 199 g/mol. The molecule has 0 bridgehead atoms. The second-order valence-corrected chi connectivity index (χ2v) is 2.81. The maximum Gasteiger partial charge on any atom is 0.266 e. The lowest BCUT2D eigenvalue weighted by Gasteiger charge is -2.04. The Balaban J connectivity index is 2.90. The minimum absolute atomic E-state index is 0.244. The first-order chi connectivity index (χ1) is 6.65. The summed E-state index contributed by atoms with van der Waals surface area (Å²) in [5, 5.41) is 8.29. The van der Waals surface area contributed by atoms with Crippen molar-refractivity contribution in [1.82, 2.24) is 0 Å². The van der Waals surface area contributed by atoms with Crippen LogP contribution in [0, 0.1) is 17.1 Å². The third-order valence-electron chi connectivity index (χ3n) is 1.82. The van der Waals surface area contributed by atoms with Gasteiger partial charge in [0.25, 0.3) is 6.43 Å². The van der Waals surface area contributed by atoms with Gasteiger partial charge in [-0.3, -0.25) is 0 Å². The maximum absolute atomic E-state index is 12.8. The molecule has 0 heterocycles. The first-order valence-electron chi connectivity index (χ1n) is 4.08. The van der Waals surface area contributed by atoms with Gasteiger partial charge in [0.1, 0.15) is 5.82 Å². The predicted molar refractivity (Wildman–Crippen MR) is 45.3 cm³/mol. The second-order valence-electron chi connectivity index (χ2n) is 2.81. The number of nitrogens with zero attached hydrogens (tertiary/aromatic N) is 1. The van der Waals surface area contributed by atoms with E-state index in [1.54, 1.807) is 0 Å². The van der Waals surface area contributed by atoms with E-state index in [0.29, 0.717) is 12.0 Å². The number of benzene rings is 1. The van der Waals surface area contributed by atoms with Gasteiger partial charge < -0.3 is 0 Å². The fourth-order valence-corrected chi connectivity index (χ4v) is 1.12. The second kappa shape index (κ2) is 4.66. The molecular weight excluding hydrogens is 191 g/mol. The molecule has 0 N–H and O–H groups in total. The van der Waals surface area contributed by atoms with E-state index in [-0.39, 0.29) is 6.42 Å². The molecule has 0 fully saturated rings. The molecule has 4 heteroatoms. The van der Waals surface area contributed by atoms with Gasteiger partial charge in [0.2, 0.25) is 0 Å². The van der Waals surface area contributed by atoms with E-state index in [1.807, 2.05) is 6.07 Å². The van der Waals surface area contributed by atoms with Crippen LogP contribution < -0.4 is 0 Å².